The first kappa shape index (κ1) is 19.0. The Balaban J connectivity index is 2.27. The summed E-state index contributed by atoms with van der Waals surface area (Å²) >= 11 is 0. The zero-order valence-electron chi connectivity index (χ0n) is 14.2. The number of carbonyl (C=O) groups is 2. The highest BCUT2D eigenvalue weighted by molar-refractivity contribution is 6.08. The van der Waals surface area contributed by atoms with Crippen LogP contribution in [0.3, 0.4) is 0 Å². The number of hydrogen-bond donors (Lipinski definition) is 1. The van der Waals surface area contributed by atoms with E-state index in [2.05, 4.69) is 10.0 Å². The van der Waals surface area contributed by atoms with E-state index in [1.54, 1.807) is 24.3 Å². The van der Waals surface area contributed by atoms with Gasteiger partial charge in [0.1, 0.15) is 23.6 Å². The van der Waals surface area contributed by atoms with E-state index in [1.807, 2.05) is 0 Å². The molecule has 26 heavy (non-hydrogen) atoms. The Kier molecular flexibility index (Phi) is 6.32. The zero-order valence-corrected chi connectivity index (χ0v) is 14.2. The summed E-state index contributed by atoms with van der Waals surface area (Å²) in [6.07, 6.45) is -1.81. The number of methoxy groups -OCH3 is 2. The van der Waals surface area contributed by atoms with Gasteiger partial charge in [-0.15, -0.1) is 0 Å². The summed E-state index contributed by atoms with van der Waals surface area (Å²) in [7, 11) is 2.97. The molecule has 0 saturated carbocycles. The summed E-state index contributed by atoms with van der Waals surface area (Å²) in [4.78, 5) is 27.6. The second kappa shape index (κ2) is 8.66. The molecule has 0 heterocycles. The van der Waals surface area contributed by atoms with E-state index in [1.165, 1.54) is 38.5 Å². The van der Waals surface area contributed by atoms with E-state index >= 15 is 0 Å². The Morgan fingerprint density at radius 1 is 0.923 bits per heavy atom. The molecule has 134 valence electrons. The SMILES string of the molecule is COc1ccc(C(=O)[C@H](O)[C@@H](N=[N+]=[N-])C(=O)c2ccc(OC)cc2)cc1. The second-order valence-electron chi connectivity index (χ2n) is 5.28. The number of nitrogens with zero attached hydrogens (tertiary/aromatic N) is 3. The standard InChI is InChI=1S/C18H17N3O5/c1-25-13-7-3-11(4-8-13)16(22)15(20-21-19)18(24)17(23)12-5-9-14(26-2)10-6-12/h3-10,15,18,24H,1-2H3/t15-,18+/m0/s1. The number of Topliss-reactive ketones (excluding diaryl/α,β-unsaturated/α-hetero) is 2. The third kappa shape index (κ3) is 4.18. The van der Waals surface area contributed by atoms with Crippen molar-refractivity contribution in [3.8, 4) is 11.5 Å². The molecule has 8 nitrogen and oxygen atoms in total. The summed E-state index contributed by atoms with van der Waals surface area (Å²) in [5.41, 5.74) is 9.08. The number of azide groups is 1. The molecule has 8 heteroatoms. The lowest BCUT2D eigenvalue weighted by Crippen LogP contribution is -2.38. The number of rotatable bonds is 8. The Morgan fingerprint density at radius 2 is 1.35 bits per heavy atom. The number of hydrogen-bond acceptors (Lipinski definition) is 6. The average Bonchev–Trinajstić information content (AvgIpc) is 2.70. The van der Waals surface area contributed by atoms with Gasteiger partial charge in [-0.25, -0.2) is 0 Å². The maximum absolute atomic E-state index is 12.6. The van der Waals surface area contributed by atoms with Crippen LogP contribution in [0.15, 0.2) is 53.6 Å². The molecule has 2 aromatic carbocycles. The molecule has 0 aromatic heterocycles. The molecule has 0 amide bonds. The van der Waals surface area contributed by atoms with Crippen molar-refractivity contribution >= 4 is 11.6 Å². The van der Waals surface area contributed by atoms with E-state index < -0.39 is 23.7 Å². The molecule has 0 saturated heterocycles. The van der Waals surface area contributed by atoms with Gasteiger partial charge in [-0.1, -0.05) is 5.11 Å². The summed E-state index contributed by atoms with van der Waals surface area (Å²) in [5.74, 6) is -0.319. The molecule has 2 atom stereocenters. The first-order valence-corrected chi connectivity index (χ1v) is 7.60. The van der Waals surface area contributed by atoms with Crippen molar-refractivity contribution in [3.63, 3.8) is 0 Å². The summed E-state index contributed by atoms with van der Waals surface area (Å²) in [6, 6.07) is 10.5. The van der Waals surface area contributed by atoms with Crippen molar-refractivity contribution in [2.75, 3.05) is 14.2 Å². The largest absolute Gasteiger partial charge is 0.497 e. The van der Waals surface area contributed by atoms with E-state index in [0.717, 1.165) is 0 Å². The van der Waals surface area contributed by atoms with Crippen LogP contribution in [0.25, 0.3) is 10.4 Å². The Morgan fingerprint density at radius 3 is 1.73 bits per heavy atom. The van der Waals surface area contributed by atoms with Crippen LogP contribution in [0.4, 0.5) is 0 Å². The highest BCUT2D eigenvalue weighted by Crippen LogP contribution is 2.19. The highest BCUT2D eigenvalue weighted by Gasteiger charge is 2.32. The monoisotopic (exact) mass is 355 g/mol. The van der Waals surface area contributed by atoms with Crippen LogP contribution in [-0.4, -0.2) is 43.0 Å². The van der Waals surface area contributed by atoms with Gasteiger partial charge in [-0.05, 0) is 54.1 Å². The number of ether oxygens (including phenoxy) is 2. The summed E-state index contributed by atoms with van der Waals surface area (Å²) < 4.78 is 10.0. The normalized spacial score (nSPS) is 12.4. The molecule has 0 aliphatic heterocycles. The van der Waals surface area contributed by atoms with Crippen molar-refractivity contribution in [3.05, 3.63) is 70.1 Å². The third-order valence-corrected chi connectivity index (χ3v) is 3.76. The van der Waals surface area contributed by atoms with Crippen molar-refractivity contribution in [2.45, 2.75) is 12.1 Å². The van der Waals surface area contributed by atoms with Gasteiger partial charge in [0.15, 0.2) is 11.6 Å². The molecule has 0 fully saturated rings. The van der Waals surface area contributed by atoms with Crippen LogP contribution in [0, 0.1) is 0 Å². The lowest BCUT2D eigenvalue weighted by Gasteiger charge is -2.17. The van der Waals surface area contributed by atoms with E-state index in [-0.39, 0.29) is 11.1 Å². The van der Waals surface area contributed by atoms with Crippen molar-refractivity contribution in [1.82, 2.24) is 0 Å². The molecule has 2 aromatic rings. The Hall–Kier alpha value is -3.35. The fourth-order valence-corrected chi connectivity index (χ4v) is 2.31. The van der Waals surface area contributed by atoms with Gasteiger partial charge in [0.05, 0.1) is 14.2 Å². The van der Waals surface area contributed by atoms with Crippen LogP contribution in [0.5, 0.6) is 11.5 Å². The van der Waals surface area contributed by atoms with Gasteiger partial charge >= 0.3 is 0 Å². The predicted octanol–water partition coefficient (Wildman–Crippen LogP) is 2.81. The van der Waals surface area contributed by atoms with Gasteiger partial charge in [0.2, 0.25) is 0 Å². The minimum absolute atomic E-state index is 0.166. The summed E-state index contributed by atoms with van der Waals surface area (Å²) in [5, 5.41) is 13.7. The number of aliphatic hydroxyl groups is 1. The van der Waals surface area contributed by atoms with Crippen LogP contribution in [0.1, 0.15) is 20.7 Å². The summed E-state index contributed by atoms with van der Waals surface area (Å²) in [6.45, 7) is 0. The molecule has 0 aliphatic carbocycles. The van der Waals surface area contributed by atoms with Crippen LogP contribution in [-0.2, 0) is 0 Å². The predicted molar refractivity (Wildman–Crippen MR) is 93.6 cm³/mol. The van der Waals surface area contributed by atoms with E-state index in [4.69, 9.17) is 15.0 Å². The molecule has 1 N–H and O–H groups in total. The topological polar surface area (TPSA) is 122 Å². The maximum Gasteiger partial charge on any atom is 0.192 e. The highest BCUT2D eigenvalue weighted by atomic mass is 16.5. The number of carbonyl (C=O) groups excluding carboxylic acids is 2. The number of benzene rings is 2. The van der Waals surface area contributed by atoms with Gasteiger partial charge < -0.3 is 14.6 Å². The van der Waals surface area contributed by atoms with Gasteiger partial charge in [-0.3, -0.25) is 9.59 Å². The lowest BCUT2D eigenvalue weighted by molar-refractivity contribution is 0.0635. The fraction of sp³-hybridized carbons (Fsp3) is 0.222. The smallest absolute Gasteiger partial charge is 0.192 e. The minimum atomic E-state index is -1.81. The third-order valence-electron chi connectivity index (χ3n) is 3.76. The second-order valence-corrected chi connectivity index (χ2v) is 5.28. The Labute approximate surface area is 149 Å². The minimum Gasteiger partial charge on any atom is -0.497 e. The lowest BCUT2D eigenvalue weighted by atomic mass is 9.94. The van der Waals surface area contributed by atoms with Crippen molar-refractivity contribution in [1.29, 1.82) is 0 Å². The number of aliphatic hydroxyl groups excluding tert-OH is 1. The molecule has 0 bridgehead atoms. The molecular formula is C18H17N3O5. The van der Waals surface area contributed by atoms with Crippen LogP contribution >= 0.6 is 0 Å². The quantitative estimate of drug-likeness (QED) is 0.338. The van der Waals surface area contributed by atoms with E-state index in [9.17, 15) is 14.7 Å². The first-order chi connectivity index (χ1) is 12.5. The van der Waals surface area contributed by atoms with Gasteiger partial charge in [-0.2, -0.15) is 0 Å². The zero-order chi connectivity index (χ0) is 19.1. The molecule has 2 rings (SSSR count). The molecule has 0 radical (unpaired) electrons. The number of ketones is 2. The van der Waals surface area contributed by atoms with E-state index in [0.29, 0.717) is 11.5 Å². The molecule has 0 aliphatic rings. The van der Waals surface area contributed by atoms with Crippen molar-refractivity contribution < 1.29 is 24.2 Å². The fourth-order valence-electron chi connectivity index (χ4n) is 2.31. The van der Waals surface area contributed by atoms with Crippen LogP contribution < -0.4 is 9.47 Å². The van der Waals surface area contributed by atoms with Gasteiger partial charge in [0, 0.05) is 16.0 Å². The van der Waals surface area contributed by atoms with Crippen LogP contribution in [0.2, 0.25) is 0 Å². The first-order valence-electron chi connectivity index (χ1n) is 7.60. The maximum atomic E-state index is 12.6. The Bertz CT molecular complexity index is 827. The van der Waals surface area contributed by atoms with Gasteiger partial charge in [0.25, 0.3) is 0 Å². The van der Waals surface area contributed by atoms with Crippen molar-refractivity contribution in [2.24, 2.45) is 5.11 Å². The average molecular weight is 355 g/mol. The molecular weight excluding hydrogens is 338 g/mol. The molecule has 0 unspecified atom stereocenters. The molecule has 0 spiro atoms.